The number of anilines is 2. The lowest BCUT2D eigenvalue weighted by Gasteiger charge is -2.38. The Bertz CT molecular complexity index is 667. The van der Waals surface area contributed by atoms with Gasteiger partial charge in [-0.15, -0.1) is 10.2 Å². The van der Waals surface area contributed by atoms with Crippen molar-refractivity contribution < 1.29 is 8.81 Å². The molecule has 2 aromatic rings. The van der Waals surface area contributed by atoms with E-state index in [1.807, 2.05) is 6.07 Å². The van der Waals surface area contributed by atoms with E-state index in [2.05, 4.69) is 20.0 Å². The Balaban J connectivity index is 1.66. The summed E-state index contributed by atoms with van der Waals surface area (Å²) in [5, 5.41) is 7.89. The molecule has 0 spiro atoms. The van der Waals surface area contributed by atoms with Crippen molar-refractivity contribution >= 4 is 11.4 Å². The molecule has 1 aliphatic heterocycles. The van der Waals surface area contributed by atoms with Gasteiger partial charge < -0.3 is 14.2 Å². The van der Waals surface area contributed by atoms with Crippen LogP contribution in [-0.2, 0) is 6.54 Å². The van der Waals surface area contributed by atoms with Crippen LogP contribution in [0.5, 0.6) is 0 Å². The van der Waals surface area contributed by atoms with Crippen LogP contribution >= 0.6 is 0 Å². The average molecular weight is 288 g/mol. The van der Waals surface area contributed by atoms with Crippen LogP contribution in [0.4, 0.5) is 15.8 Å². The van der Waals surface area contributed by atoms with E-state index in [4.69, 9.17) is 4.42 Å². The SMILES string of the molecule is Cc1nnc(CN2CCN(C3CC3)c3ccc(F)cc32)o1. The molecule has 0 bridgehead atoms. The molecule has 0 radical (unpaired) electrons. The predicted molar refractivity (Wildman–Crippen MR) is 76.9 cm³/mol. The van der Waals surface area contributed by atoms with Crippen LogP contribution in [0.25, 0.3) is 0 Å². The molecule has 0 unspecified atom stereocenters. The fraction of sp³-hybridized carbons (Fsp3) is 0.467. The molecule has 21 heavy (non-hydrogen) atoms. The topological polar surface area (TPSA) is 45.4 Å². The van der Waals surface area contributed by atoms with E-state index in [1.165, 1.54) is 18.9 Å². The third kappa shape index (κ3) is 2.34. The highest BCUT2D eigenvalue weighted by atomic mass is 19.1. The van der Waals surface area contributed by atoms with E-state index in [1.54, 1.807) is 13.0 Å². The Labute approximate surface area is 122 Å². The highest BCUT2D eigenvalue weighted by Gasteiger charge is 2.34. The van der Waals surface area contributed by atoms with Gasteiger partial charge in [-0.3, -0.25) is 0 Å². The molecule has 0 saturated heterocycles. The maximum Gasteiger partial charge on any atom is 0.235 e. The zero-order valence-electron chi connectivity index (χ0n) is 11.9. The van der Waals surface area contributed by atoms with Crippen molar-refractivity contribution in [1.29, 1.82) is 0 Å². The minimum absolute atomic E-state index is 0.210. The van der Waals surface area contributed by atoms with Gasteiger partial charge in [-0.05, 0) is 31.0 Å². The van der Waals surface area contributed by atoms with Gasteiger partial charge in [0.15, 0.2) is 0 Å². The van der Waals surface area contributed by atoms with Crippen molar-refractivity contribution in [3.8, 4) is 0 Å². The van der Waals surface area contributed by atoms with Crippen molar-refractivity contribution in [2.75, 3.05) is 22.9 Å². The van der Waals surface area contributed by atoms with Gasteiger partial charge in [0.05, 0.1) is 17.9 Å². The van der Waals surface area contributed by atoms with E-state index in [0.29, 0.717) is 24.4 Å². The van der Waals surface area contributed by atoms with Crippen molar-refractivity contribution in [3.05, 3.63) is 35.8 Å². The summed E-state index contributed by atoms with van der Waals surface area (Å²) in [7, 11) is 0. The molecule has 0 amide bonds. The van der Waals surface area contributed by atoms with E-state index < -0.39 is 0 Å². The number of benzene rings is 1. The summed E-state index contributed by atoms with van der Waals surface area (Å²) in [6.07, 6.45) is 2.47. The van der Waals surface area contributed by atoms with Gasteiger partial charge in [0.2, 0.25) is 11.8 Å². The number of hydrogen-bond donors (Lipinski definition) is 0. The lowest BCUT2D eigenvalue weighted by Crippen LogP contribution is -2.42. The molecule has 1 saturated carbocycles. The molecule has 1 aromatic heterocycles. The van der Waals surface area contributed by atoms with E-state index >= 15 is 0 Å². The molecule has 5 nitrogen and oxygen atoms in total. The highest BCUT2D eigenvalue weighted by molar-refractivity contribution is 5.74. The van der Waals surface area contributed by atoms with E-state index in [0.717, 1.165) is 24.5 Å². The highest BCUT2D eigenvalue weighted by Crippen LogP contribution is 2.40. The van der Waals surface area contributed by atoms with Crippen molar-refractivity contribution in [1.82, 2.24) is 10.2 Å². The zero-order valence-corrected chi connectivity index (χ0v) is 11.9. The first-order valence-electron chi connectivity index (χ1n) is 7.31. The van der Waals surface area contributed by atoms with Crippen LogP contribution in [0.2, 0.25) is 0 Å². The summed E-state index contributed by atoms with van der Waals surface area (Å²) in [6, 6.07) is 5.65. The van der Waals surface area contributed by atoms with Gasteiger partial charge in [0, 0.05) is 26.1 Å². The van der Waals surface area contributed by atoms with E-state index in [-0.39, 0.29) is 5.82 Å². The summed E-state index contributed by atoms with van der Waals surface area (Å²) < 4.78 is 19.1. The van der Waals surface area contributed by atoms with Crippen LogP contribution in [0.3, 0.4) is 0 Å². The third-order valence-electron chi connectivity index (χ3n) is 4.08. The van der Waals surface area contributed by atoms with E-state index in [9.17, 15) is 4.39 Å². The number of rotatable bonds is 3. The lowest BCUT2D eigenvalue weighted by atomic mass is 10.1. The molecule has 110 valence electrons. The molecular formula is C15H17FN4O. The average Bonchev–Trinajstić information content (AvgIpc) is 3.23. The first-order valence-corrected chi connectivity index (χ1v) is 7.31. The molecule has 0 atom stereocenters. The van der Waals surface area contributed by atoms with Crippen LogP contribution in [-0.4, -0.2) is 29.3 Å². The largest absolute Gasteiger partial charge is 0.424 e. The summed E-state index contributed by atoms with van der Waals surface area (Å²) in [6.45, 7) is 4.09. The molecule has 1 aromatic carbocycles. The summed E-state index contributed by atoms with van der Waals surface area (Å²) in [5.74, 6) is 0.918. The minimum Gasteiger partial charge on any atom is -0.424 e. The maximum absolute atomic E-state index is 13.7. The van der Waals surface area contributed by atoms with Gasteiger partial charge in [-0.25, -0.2) is 4.39 Å². The molecule has 0 N–H and O–H groups in total. The standard InChI is InChI=1S/C15H17FN4O/c1-10-17-18-15(21-10)9-19-6-7-20(12-3-4-12)13-5-2-11(16)8-14(13)19/h2,5,8,12H,3-4,6-7,9H2,1H3. The van der Waals surface area contributed by atoms with Gasteiger partial charge in [0.1, 0.15) is 5.82 Å². The quantitative estimate of drug-likeness (QED) is 0.868. The molecule has 1 fully saturated rings. The summed E-state index contributed by atoms with van der Waals surface area (Å²) >= 11 is 0. The summed E-state index contributed by atoms with van der Waals surface area (Å²) in [4.78, 5) is 4.51. The fourth-order valence-corrected chi connectivity index (χ4v) is 2.96. The smallest absolute Gasteiger partial charge is 0.235 e. The maximum atomic E-state index is 13.7. The second-order valence-electron chi connectivity index (χ2n) is 5.69. The number of nitrogens with zero attached hydrogens (tertiary/aromatic N) is 4. The minimum atomic E-state index is -0.210. The van der Waals surface area contributed by atoms with Crippen LogP contribution in [0, 0.1) is 12.7 Å². The Kier molecular flexibility index (Phi) is 2.83. The summed E-state index contributed by atoms with van der Waals surface area (Å²) in [5.41, 5.74) is 2.03. The second kappa shape index (κ2) is 4.72. The third-order valence-corrected chi connectivity index (χ3v) is 4.08. The van der Waals surface area contributed by atoms with Gasteiger partial charge in [0.25, 0.3) is 0 Å². The Morgan fingerprint density at radius 2 is 2.10 bits per heavy atom. The molecule has 4 rings (SSSR count). The first-order chi connectivity index (χ1) is 10.2. The van der Waals surface area contributed by atoms with Crippen molar-refractivity contribution in [3.63, 3.8) is 0 Å². The molecule has 2 heterocycles. The van der Waals surface area contributed by atoms with Gasteiger partial charge in [-0.2, -0.15) is 0 Å². The number of halogens is 1. The molecule has 1 aliphatic carbocycles. The zero-order chi connectivity index (χ0) is 14.4. The lowest BCUT2D eigenvalue weighted by molar-refractivity contribution is 0.460. The number of aromatic nitrogens is 2. The van der Waals surface area contributed by atoms with Gasteiger partial charge in [-0.1, -0.05) is 0 Å². The van der Waals surface area contributed by atoms with Crippen LogP contribution in [0.15, 0.2) is 22.6 Å². The van der Waals surface area contributed by atoms with Crippen molar-refractivity contribution in [2.24, 2.45) is 0 Å². The first kappa shape index (κ1) is 12.6. The Hall–Kier alpha value is -2.11. The molecule has 6 heteroatoms. The normalized spacial score (nSPS) is 18.0. The van der Waals surface area contributed by atoms with Gasteiger partial charge >= 0.3 is 0 Å². The van der Waals surface area contributed by atoms with Crippen molar-refractivity contribution in [2.45, 2.75) is 32.4 Å². The second-order valence-corrected chi connectivity index (χ2v) is 5.69. The Morgan fingerprint density at radius 1 is 1.24 bits per heavy atom. The van der Waals surface area contributed by atoms with Crippen LogP contribution in [0.1, 0.15) is 24.6 Å². The number of fused-ring (bicyclic) bond motifs is 1. The molecule has 2 aliphatic rings. The number of aryl methyl sites for hydroxylation is 1. The van der Waals surface area contributed by atoms with Crippen LogP contribution < -0.4 is 9.80 Å². The predicted octanol–water partition coefficient (Wildman–Crippen LogP) is 2.51. The fourth-order valence-electron chi connectivity index (χ4n) is 2.96. The Morgan fingerprint density at radius 3 is 2.81 bits per heavy atom. The number of hydrogen-bond acceptors (Lipinski definition) is 5. The molecular weight excluding hydrogens is 271 g/mol. The monoisotopic (exact) mass is 288 g/mol.